The maximum atomic E-state index is 11.7. The lowest BCUT2D eigenvalue weighted by molar-refractivity contribution is -0.152. The molecule has 1 atom stereocenters. The zero-order chi connectivity index (χ0) is 14.1. The van der Waals surface area contributed by atoms with Crippen LogP contribution in [0.2, 0.25) is 0 Å². The molecule has 0 radical (unpaired) electrons. The molecule has 0 spiro atoms. The van der Waals surface area contributed by atoms with E-state index in [1.165, 1.54) is 7.11 Å². The minimum atomic E-state index is -0.938. The van der Waals surface area contributed by atoms with Crippen molar-refractivity contribution >= 4 is 37.8 Å². The summed E-state index contributed by atoms with van der Waals surface area (Å²) in [6, 6.07) is 2.71. The quantitative estimate of drug-likeness (QED) is 0.790. The van der Waals surface area contributed by atoms with Gasteiger partial charge < -0.3 is 15.6 Å². The Bertz CT molecular complexity index is 475. The molecule has 0 saturated heterocycles. The zero-order valence-corrected chi connectivity index (χ0v) is 13.5. The summed E-state index contributed by atoms with van der Waals surface area (Å²) in [5.74, 6) is -0.395. The first kappa shape index (κ1) is 15.5. The number of carbonyl (C=O) groups excluding carboxylic acids is 1. The van der Waals surface area contributed by atoms with E-state index < -0.39 is 17.4 Å². The number of hydrogen-bond donors (Lipinski definition) is 2. The number of phenols is 1. The van der Waals surface area contributed by atoms with E-state index in [1.54, 1.807) is 26.0 Å². The maximum Gasteiger partial charge on any atom is 0.313 e. The molecule has 1 aromatic carbocycles. The second-order valence-electron chi connectivity index (χ2n) is 4.52. The number of benzene rings is 1. The predicted octanol–water partition coefficient (Wildman–Crippen LogP) is 3.12. The predicted molar refractivity (Wildman–Crippen MR) is 76.2 cm³/mol. The third kappa shape index (κ3) is 2.87. The van der Waals surface area contributed by atoms with Crippen LogP contribution in [0.5, 0.6) is 5.75 Å². The molecule has 18 heavy (non-hydrogen) atoms. The van der Waals surface area contributed by atoms with Crippen molar-refractivity contribution in [2.24, 2.45) is 11.1 Å². The van der Waals surface area contributed by atoms with Crippen molar-refractivity contribution in [3.05, 3.63) is 26.6 Å². The zero-order valence-electron chi connectivity index (χ0n) is 10.3. The summed E-state index contributed by atoms with van der Waals surface area (Å²) in [5.41, 5.74) is 5.63. The molecule has 0 aliphatic rings. The molecule has 0 amide bonds. The average Bonchev–Trinajstić information content (AvgIpc) is 2.31. The van der Waals surface area contributed by atoms with Crippen molar-refractivity contribution in [2.75, 3.05) is 7.11 Å². The SMILES string of the molecule is COC(=O)C(C)(C)[C@@H](N)c1cc(Br)cc(Br)c1O. The molecule has 3 N–H and O–H groups in total. The number of methoxy groups -OCH3 is 1. The van der Waals surface area contributed by atoms with Gasteiger partial charge in [0.2, 0.25) is 0 Å². The van der Waals surface area contributed by atoms with E-state index >= 15 is 0 Å². The van der Waals surface area contributed by atoms with Gasteiger partial charge in [-0.2, -0.15) is 0 Å². The normalized spacial score (nSPS) is 13.2. The Morgan fingerprint density at radius 1 is 1.44 bits per heavy atom. The summed E-state index contributed by atoms with van der Waals surface area (Å²) in [5, 5.41) is 10.0. The fourth-order valence-corrected chi connectivity index (χ4v) is 2.86. The van der Waals surface area contributed by atoms with Gasteiger partial charge in [-0.15, -0.1) is 0 Å². The highest BCUT2D eigenvalue weighted by Crippen LogP contribution is 2.41. The largest absolute Gasteiger partial charge is 0.506 e. The van der Waals surface area contributed by atoms with Gasteiger partial charge in [0.1, 0.15) is 5.75 Å². The first-order valence-corrected chi connectivity index (χ1v) is 6.82. The summed E-state index contributed by atoms with van der Waals surface area (Å²) < 4.78 is 6.01. The van der Waals surface area contributed by atoms with Crippen molar-refractivity contribution in [2.45, 2.75) is 19.9 Å². The lowest BCUT2D eigenvalue weighted by Gasteiger charge is -2.29. The highest BCUT2D eigenvalue weighted by molar-refractivity contribution is 9.11. The monoisotopic (exact) mass is 379 g/mol. The van der Waals surface area contributed by atoms with Crippen LogP contribution in [0.15, 0.2) is 21.1 Å². The smallest absolute Gasteiger partial charge is 0.313 e. The molecule has 0 saturated carbocycles. The van der Waals surface area contributed by atoms with Crippen molar-refractivity contribution in [1.82, 2.24) is 0 Å². The molecule has 100 valence electrons. The Labute approximate surface area is 123 Å². The van der Waals surface area contributed by atoms with Crippen LogP contribution in [0.1, 0.15) is 25.5 Å². The average molecular weight is 381 g/mol. The molecule has 0 heterocycles. The fourth-order valence-electron chi connectivity index (χ4n) is 1.60. The number of carbonyl (C=O) groups is 1. The van der Waals surface area contributed by atoms with Crippen LogP contribution < -0.4 is 5.73 Å². The second-order valence-corrected chi connectivity index (χ2v) is 6.29. The molecule has 0 unspecified atom stereocenters. The van der Waals surface area contributed by atoms with E-state index in [9.17, 15) is 9.90 Å². The Balaban J connectivity index is 3.26. The van der Waals surface area contributed by atoms with Crippen molar-refractivity contribution < 1.29 is 14.6 Å². The van der Waals surface area contributed by atoms with Crippen LogP contribution in [0.25, 0.3) is 0 Å². The Morgan fingerprint density at radius 3 is 2.50 bits per heavy atom. The van der Waals surface area contributed by atoms with Gasteiger partial charge in [-0.25, -0.2) is 0 Å². The van der Waals surface area contributed by atoms with Crippen LogP contribution in [0, 0.1) is 5.41 Å². The highest BCUT2D eigenvalue weighted by Gasteiger charge is 2.38. The molecule has 0 fully saturated rings. The van der Waals surface area contributed by atoms with E-state index in [4.69, 9.17) is 10.5 Å². The molecular weight excluding hydrogens is 366 g/mol. The lowest BCUT2D eigenvalue weighted by atomic mass is 9.81. The molecular formula is C12H15Br2NO3. The van der Waals surface area contributed by atoms with Crippen molar-refractivity contribution in [1.29, 1.82) is 0 Å². The van der Waals surface area contributed by atoms with Crippen LogP contribution in [-0.2, 0) is 9.53 Å². The molecule has 6 heteroatoms. The van der Waals surface area contributed by atoms with E-state index in [0.717, 1.165) is 4.47 Å². The molecule has 4 nitrogen and oxygen atoms in total. The number of hydrogen-bond acceptors (Lipinski definition) is 4. The maximum absolute atomic E-state index is 11.7. The van der Waals surface area contributed by atoms with Gasteiger partial charge in [0.15, 0.2) is 0 Å². The third-order valence-corrected chi connectivity index (χ3v) is 3.94. The van der Waals surface area contributed by atoms with Gasteiger partial charge in [0, 0.05) is 16.1 Å². The van der Waals surface area contributed by atoms with Gasteiger partial charge in [0.05, 0.1) is 17.0 Å². The van der Waals surface area contributed by atoms with Crippen LogP contribution in [0.4, 0.5) is 0 Å². The number of aromatic hydroxyl groups is 1. The summed E-state index contributed by atoms with van der Waals surface area (Å²) in [7, 11) is 1.31. The van der Waals surface area contributed by atoms with Crippen LogP contribution in [-0.4, -0.2) is 18.2 Å². The number of ether oxygens (including phenoxy) is 1. The fraction of sp³-hybridized carbons (Fsp3) is 0.417. The van der Waals surface area contributed by atoms with Gasteiger partial charge in [-0.05, 0) is 41.9 Å². The minimum absolute atomic E-state index is 0.0303. The Hall–Kier alpha value is -0.590. The van der Waals surface area contributed by atoms with E-state index in [0.29, 0.717) is 10.0 Å². The van der Waals surface area contributed by atoms with Crippen molar-refractivity contribution in [3.63, 3.8) is 0 Å². The number of nitrogens with two attached hydrogens (primary N) is 1. The number of esters is 1. The first-order valence-electron chi connectivity index (χ1n) is 5.23. The molecule has 0 aliphatic heterocycles. The standard InChI is InChI=1S/C12H15Br2NO3/c1-12(2,11(17)18-3)10(15)7-4-6(13)5-8(14)9(7)16/h4-5,10,16H,15H2,1-3H3/t10-/m0/s1. The van der Waals surface area contributed by atoms with E-state index in [1.807, 2.05) is 0 Å². The van der Waals surface area contributed by atoms with Gasteiger partial charge >= 0.3 is 5.97 Å². The van der Waals surface area contributed by atoms with E-state index in [-0.39, 0.29) is 5.75 Å². The summed E-state index contributed by atoms with van der Waals surface area (Å²) in [6.45, 7) is 3.36. The number of halogens is 2. The Kier molecular flexibility index (Phi) is 4.80. The van der Waals surface area contributed by atoms with Crippen LogP contribution >= 0.6 is 31.9 Å². The number of rotatable bonds is 3. The topological polar surface area (TPSA) is 72.5 Å². The van der Waals surface area contributed by atoms with Crippen LogP contribution in [0.3, 0.4) is 0 Å². The number of phenolic OH excluding ortho intramolecular Hbond substituents is 1. The van der Waals surface area contributed by atoms with Crippen molar-refractivity contribution in [3.8, 4) is 5.75 Å². The highest BCUT2D eigenvalue weighted by atomic mass is 79.9. The third-order valence-electron chi connectivity index (χ3n) is 2.88. The Morgan fingerprint density at radius 2 is 2.00 bits per heavy atom. The summed E-state index contributed by atoms with van der Waals surface area (Å²) >= 11 is 6.56. The molecule has 1 aromatic rings. The molecule has 0 bridgehead atoms. The second kappa shape index (κ2) is 5.59. The minimum Gasteiger partial charge on any atom is -0.506 e. The van der Waals surface area contributed by atoms with Gasteiger partial charge in [0.25, 0.3) is 0 Å². The van der Waals surface area contributed by atoms with Gasteiger partial charge in [-0.1, -0.05) is 15.9 Å². The molecule has 1 rings (SSSR count). The molecule has 0 aliphatic carbocycles. The first-order chi connectivity index (χ1) is 8.21. The lowest BCUT2D eigenvalue weighted by Crippen LogP contribution is -2.37. The van der Waals surface area contributed by atoms with E-state index in [2.05, 4.69) is 31.9 Å². The summed E-state index contributed by atoms with van der Waals surface area (Å²) in [6.07, 6.45) is 0. The van der Waals surface area contributed by atoms with Gasteiger partial charge in [-0.3, -0.25) is 4.79 Å². The molecule has 0 aromatic heterocycles. The summed E-state index contributed by atoms with van der Waals surface area (Å²) in [4.78, 5) is 11.7.